The van der Waals surface area contributed by atoms with Gasteiger partial charge in [0.1, 0.15) is 0 Å². The molecule has 2 aliphatic rings. The molecule has 2 rings (SSSR count). The molecule has 17 heavy (non-hydrogen) atoms. The number of hydrogen-bond acceptors (Lipinski definition) is 4. The lowest BCUT2D eigenvalue weighted by atomic mass is 9.85. The van der Waals surface area contributed by atoms with Gasteiger partial charge in [-0.1, -0.05) is 6.08 Å². The number of nitrogens with zero attached hydrogens (tertiary/aromatic N) is 1. The molecule has 0 bridgehead atoms. The van der Waals surface area contributed by atoms with E-state index >= 15 is 0 Å². The molecule has 1 unspecified atom stereocenters. The predicted molar refractivity (Wildman–Crippen MR) is 60.5 cm³/mol. The minimum atomic E-state index is -1.59. The third-order valence-corrected chi connectivity index (χ3v) is 3.20. The van der Waals surface area contributed by atoms with Crippen molar-refractivity contribution in [2.24, 2.45) is 0 Å². The molecule has 91 valence electrons. The van der Waals surface area contributed by atoms with Crippen LogP contribution in [0.3, 0.4) is 0 Å². The van der Waals surface area contributed by atoms with Crippen LogP contribution in [-0.4, -0.2) is 24.9 Å². The van der Waals surface area contributed by atoms with Gasteiger partial charge in [-0.2, -0.15) is 0 Å². The molecule has 0 amide bonds. The maximum absolute atomic E-state index is 11.3. The molecular formula is C12H14NO4. The first-order valence-corrected chi connectivity index (χ1v) is 5.38. The Hall–Kier alpha value is -1.62. The molecule has 0 aromatic heterocycles. The normalized spacial score (nSPS) is 27.5. The lowest BCUT2D eigenvalue weighted by Crippen LogP contribution is -2.45. The van der Waals surface area contributed by atoms with Gasteiger partial charge in [0.05, 0.1) is 18.5 Å². The summed E-state index contributed by atoms with van der Waals surface area (Å²) < 4.78 is 10.3. The number of ether oxygens (including phenoxy) is 2. The van der Waals surface area contributed by atoms with Crippen LogP contribution in [0.1, 0.15) is 19.3 Å². The van der Waals surface area contributed by atoms with Crippen molar-refractivity contribution in [3.8, 4) is 0 Å². The van der Waals surface area contributed by atoms with Crippen LogP contribution in [0.15, 0.2) is 29.1 Å². The first kappa shape index (κ1) is 11.9. The fraction of sp³-hybridized carbons (Fsp3) is 0.500. The highest BCUT2D eigenvalue weighted by molar-refractivity contribution is 5.42. The van der Waals surface area contributed by atoms with Gasteiger partial charge >= 0.3 is 5.72 Å². The van der Waals surface area contributed by atoms with Gasteiger partial charge in [0.2, 0.25) is 5.76 Å². The van der Waals surface area contributed by atoms with Crippen molar-refractivity contribution in [2.75, 3.05) is 14.2 Å². The largest absolute Gasteiger partial charge is 0.492 e. The van der Waals surface area contributed by atoms with Crippen molar-refractivity contribution in [3.05, 3.63) is 45.2 Å². The Labute approximate surface area is 99.6 Å². The summed E-state index contributed by atoms with van der Waals surface area (Å²) in [6.45, 7) is 0. The molecule has 1 radical (unpaired) electrons. The first-order valence-electron chi connectivity index (χ1n) is 5.38. The molecule has 0 saturated carbocycles. The van der Waals surface area contributed by atoms with Crippen LogP contribution in [0.25, 0.3) is 0 Å². The minimum Gasteiger partial charge on any atom is -0.492 e. The first-order chi connectivity index (χ1) is 8.14. The van der Waals surface area contributed by atoms with Crippen LogP contribution < -0.4 is 0 Å². The summed E-state index contributed by atoms with van der Waals surface area (Å²) >= 11 is 0. The van der Waals surface area contributed by atoms with Crippen molar-refractivity contribution in [1.29, 1.82) is 0 Å². The summed E-state index contributed by atoms with van der Waals surface area (Å²) in [5.74, 6) is 0.263. The Kier molecular flexibility index (Phi) is 3.02. The van der Waals surface area contributed by atoms with E-state index in [1.54, 1.807) is 6.08 Å². The van der Waals surface area contributed by atoms with Gasteiger partial charge in [-0.05, 0) is 36.1 Å². The Morgan fingerprint density at radius 3 is 2.82 bits per heavy atom. The van der Waals surface area contributed by atoms with Gasteiger partial charge in [0.25, 0.3) is 0 Å². The van der Waals surface area contributed by atoms with Crippen LogP contribution in [0, 0.1) is 16.2 Å². The average Bonchev–Trinajstić information content (AvgIpc) is 2.36. The molecule has 0 aliphatic heterocycles. The lowest BCUT2D eigenvalue weighted by Gasteiger charge is -2.30. The van der Waals surface area contributed by atoms with E-state index in [-0.39, 0.29) is 12.2 Å². The van der Waals surface area contributed by atoms with Crippen LogP contribution in [0.5, 0.6) is 0 Å². The number of rotatable bonds is 3. The summed E-state index contributed by atoms with van der Waals surface area (Å²) in [5.41, 5.74) is 0.397. The molecule has 0 N–H and O–H groups in total. The monoisotopic (exact) mass is 236 g/mol. The minimum absolute atomic E-state index is 0.193. The standard InChI is InChI=1S/C12H14NO4/c1-16-11-7-9-5-3-4-6-10(9)8-12(11,17-2)13(14)15/h6-7H,3,5,8H2,1-2H3. The highest BCUT2D eigenvalue weighted by Gasteiger charge is 2.52. The van der Waals surface area contributed by atoms with Crippen molar-refractivity contribution in [3.63, 3.8) is 0 Å². The smallest absolute Gasteiger partial charge is 0.386 e. The fourth-order valence-corrected chi connectivity index (χ4v) is 2.22. The SMILES string of the molecule is COC1=CC2=C(C=[C]CC2)CC1(OC)[N+](=O)[O-]. The zero-order valence-electron chi connectivity index (χ0n) is 9.86. The van der Waals surface area contributed by atoms with Crippen LogP contribution in [-0.2, 0) is 9.47 Å². The van der Waals surface area contributed by atoms with E-state index in [4.69, 9.17) is 9.47 Å². The summed E-state index contributed by atoms with van der Waals surface area (Å²) in [5, 5.41) is 11.3. The van der Waals surface area contributed by atoms with Crippen molar-refractivity contribution in [1.82, 2.24) is 0 Å². The number of allylic oxidation sites excluding steroid dienone is 4. The summed E-state index contributed by atoms with van der Waals surface area (Å²) in [7, 11) is 2.76. The molecule has 0 fully saturated rings. The van der Waals surface area contributed by atoms with E-state index in [1.807, 2.05) is 6.08 Å². The molecule has 0 aromatic rings. The molecule has 0 spiro atoms. The molecule has 0 heterocycles. The Morgan fingerprint density at radius 2 is 2.24 bits per heavy atom. The van der Waals surface area contributed by atoms with E-state index in [2.05, 4.69) is 6.08 Å². The highest BCUT2D eigenvalue weighted by atomic mass is 16.7. The van der Waals surface area contributed by atoms with Gasteiger partial charge in [-0.15, -0.1) is 0 Å². The second kappa shape index (κ2) is 4.33. The quantitative estimate of drug-likeness (QED) is 0.427. The van der Waals surface area contributed by atoms with Crippen molar-refractivity contribution >= 4 is 0 Å². The molecule has 0 saturated heterocycles. The predicted octanol–water partition coefficient (Wildman–Crippen LogP) is 1.99. The van der Waals surface area contributed by atoms with E-state index in [1.165, 1.54) is 14.2 Å². The Bertz CT molecular complexity index is 436. The van der Waals surface area contributed by atoms with Gasteiger partial charge in [0, 0.05) is 7.11 Å². The second-order valence-corrected chi connectivity index (χ2v) is 4.03. The topological polar surface area (TPSA) is 61.6 Å². The maximum Gasteiger partial charge on any atom is 0.386 e. The average molecular weight is 236 g/mol. The third kappa shape index (κ3) is 1.76. The Morgan fingerprint density at radius 1 is 1.47 bits per heavy atom. The molecule has 0 aromatic carbocycles. The number of hydrogen-bond donors (Lipinski definition) is 0. The van der Waals surface area contributed by atoms with Crippen LogP contribution >= 0.6 is 0 Å². The van der Waals surface area contributed by atoms with Gasteiger partial charge < -0.3 is 9.47 Å². The maximum atomic E-state index is 11.3. The number of methoxy groups -OCH3 is 2. The molecule has 1 atom stereocenters. The van der Waals surface area contributed by atoms with E-state index in [0.717, 1.165) is 24.0 Å². The van der Waals surface area contributed by atoms with Crippen molar-refractivity contribution < 1.29 is 14.4 Å². The van der Waals surface area contributed by atoms with Gasteiger partial charge in [0.15, 0.2) is 0 Å². The summed E-state index contributed by atoms with van der Waals surface area (Å²) in [6, 6.07) is 0. The molecule has 5 nitrogen and oxygen atoms in total. The van der Waals surface area contributed by atoms with E-state index in [0.29, 0.717) is 0 Å². The molecular weight excluding hydrogens is 222 g/mol. The summed E-state index contributed by atoms with van der Waals surface area (Å²) in [4.78, 5) is 10.8. The van der Waals surface area contributed by atoms with Gasteiger partial charge in [-0.3, -0.25) is 10.1 Å². The van der Waals surface area contributed by atoms with E-state index < -0.39 is 10.6 Å². The summed E-state index contributed by atoms with van der Waals surface area (Å²) in [6.07, 6.45) is 8.50. The fourth-order valence-electron chi connectivity index (χ4n) is 2.22. The number of nitro groups is 1. The van der Waals surface area contributed by atoms with E-state index in [9.17, 15) is 10.1 Å². The zero-order chi connectivity index (χ0) is 12.5. The highest BCUT2D eigenvalue weighted by Crippen LogP contribution is 2.39. The molecule has 2 aliphatic carbocycles. The van der Waals surface area contributed by atoms with Crippen LogP contribution in [0.2, 0.25) is 0 Å². The third-order valence-electron chi connectivity index (χ3n) is 3.20. The zero-order valence-corrected chi connectivity index (χ0v) is 9.86. The van der Waals surface area contributed by atoms with Gasteiger partial charge in [-0.25, -0.2) is 0 Å². The molecule has 5 heteroatoms. The van der Waals surface area contributed by atoms with Crippen LogP contribution in [0.4, 0.5) is 0 Å². The Balaban J connectivity index is 2.47. The second-order valence-electron chi connectivity index (χ2n) is 4.03. The van der Waals surface area contributed by atoms with Crippen molar-refractivity contribution in [2.45, 2.75) is 25.0 Å². The lowest BCUT2D eigenvalue weighted by molar-refractivity contribution is -0.619.